The van der Waals surface area contributed by atoms with Crippen LogP contribution in [0.4, 0.5) is 24.5 Å². The summed E-state index contributed by atoms with van der Waals surface area (Å²) in [6.07, 6.45) is 0. The van der Waals surface area contributed by atoms with Crippen LogP contribution in [-0.4, -0.2) is 31.4 Å². The molecule has 27 heavy (non-hydrogen) atoms. The normalized spacial score (nSPS) is 13.0. The molecule has 0 bridgehead atoms. The molecule has 2 aromatic carbocycles. The number of carbonyl (C=O) groups excluding carboxylic acids is 2. The second-order valence-electron chi connectivity index (χ2n) is 6.01. The highest BCUT2D eigenvalue weighted by Crippen LogP contribution is 2.19. The Kier molecular flexibility index (Phi) is 6.81. The number of halogens is 4. The van der Waals surface area contributed by atoms with Gasteiger partial charge in [0.15, 0.2) is 30.0 Å². The van der Waals surface area contributed by atoms with Crippen molar-refractivity contribution in [3.05, 3.63) is 58.9 Å². The molecule has 0 saturated carbocycles. The summed E-state index contributed by atoms with van der Waals surface area (Å²) in [6, 6.07) is 7.42. The monoisotopic (exact) mass is 400 g/mol. The molecule has 2 rings (SSSR count). The number of hydrogen-bond acceptors (Lipinski definition) is 2. The van der Waals surface area contributed by atoms with Gasteiger partial charge in [0, 0.05) is 10.7 Å². The summed E-state index contributed by atoms with van der Waals surface area (Å²) in [6.45, 7) is 1.48. The number of quaternary nitrogens is 1. The number of likely N-dealkylation sites (N-methyl/N-ethyl adjacent to an activating group) is 1. The lowest BCUT2D eigenvalue weighted by atomic mass is 10.2. The zero-order chi connectivity index (χ0) is 20.1. The number of benzene rings is 2. The molecule has 0 spiro atoms. The van der Waals surface area contributed by atoms with Gasteiger partial charge >= 0.3 is 0 Å². The average Bonchev–Trinajstić information content (AvgIpc) is 2.63. The van der Waals surface area contributed by atoms with Gasteiger partial charge in [-0.05, 0) is 43.3 Å². The van der Waals surface area contributed by atoms with Crippen LogP contribution in [0.15, 0.2) is 36.4 Å². The predicted molar refractivity (Wildman–Crippen MR) is 96.2 cm³/mol. The lowest BCUT2D eigenvalue weighted by molar-refractivity contribution is -0.885. The maximum Gasteiger partial charge on any atom is 0.282 e. The number of anilines is 2. The molecule has 2 amide bonds. The van der Waals surface area contributed by atoms with Crippen LogP contribution in [0.2, 0.25) is 5.02 Å². The molecule has 3 N–H and O–H groups in total. The van der Waals surface area contributed by atoms with Crippen LogP contribution in [0, 0.1) is 17.5 Å². The van der Waals surface area contributed by atoms with Gasteiger partial charge in [-0.1, -0.05) is 11.6 Å². The largest absolute Gasteiger partial charge is 0.321 e. The highest BCUT2D eigenvalue weighted by atomic mass is 35.5. The van der Waals surface area contributed by atoms with Crippen molar-refractivity contribution in [2.24, 2.45) is 0 Å². The minimum absolute atomic E-state index is 0.0442. The lowest BCUT2D eigenvalue weighted by Gasteiger charge is -2.20. The van der Waals surface area contributed by atoms with Crippen molar-refractivity contribution in [1.82, 2.24) is 0 Å². The second-order valence-corrected chi connectivity index (χ2v) is 6.45. The Hall–Kier alpha value is -2.58. The zero-order valence-corrected chi connectivity index (χ0v) is 15.3. The van der Waals surface area contributed by atoms with Gasteiger partial charge in [-0.3, -0.25) is 9.59 Å². The SMILES string of the molecule is C[C@@H](C(=O)Nc1ccc(F)c(F)c1F)[NH+](C)CC(=O)Nc1ccc(Cl)cc1. The maximum absolute atomic E-state index is 13.7. The summed E-state index contributed by atoms with van der Waals surface area (Å²) in [5.74, 6) is -5.47. The Morgan fingerprint density at radius 2 is 1.67 bits per heavy atom. The molecule has 5 nitrogen and oxygen atoms in total. The van der Waals surface area contributed by atoms with Crippen molar-refractivity contribution in [3.8, 4) is 0 Å². The molecule has 1 unspecified atom stereocenters. The van der Waals surface area contributed by atoms with Gasteiger partial charge in [-0.15, -0.1) is 0 Å². The van der Waals surface area contributed by atoms with Crippen molar-refractivity contribution in [2.45, 2.75) is 13.0 Å². The first-order valence-corrected chi connectivity index (χ1v) is 8.39. The summed E-state index contributed by atoms with van der Waals surface area (Å²) in [4.78, 5) is 24.8. The molecule has 144 valence electrons. The average molecular weight is 401 g/mol. The fraction of sp³-hybridized carbons (Fsp3) is 0.222. The first-order valence-electron chi connectivity index (χ1n) is 8.01. The fourth-order valence-electron chi connectivity index (χ4n) is 2.23. The third-order valence-electron chi connectivity index (χ3n) is 3.99. The summed E-state index contributed by atoms with van der Waals surface area (Å²) < 4.78 is 39.8. The molecule has 0 aromatic heterocycles. The Bertz CT molecular complexity index is 846. The number of rotatable bonds is 6. The van der Waals surface area contributed by atoms with Gasteiger partial charge in [0.2, 0.25) is 0 Å². The lowest BCUT2D eigenvalue weighted by Crippen LogP contribution is -3.14. The van der Waals surface area contributed by atoms with E-state index in [9.17, 15) is 22.8 Å². The van der Waals surface area contributed by atoms with E-state index in [1.165, 1.54) is 6.92 Å². The van der Waals surface area contributed by atoms with E-state index in [0.29, 0.717) is 15.6 Å². The molecule has 0 aliphatic heterocycles. The van der Waals surface area contributed by atoms with Crippen LogP contribution in [0.3, 0.4) is 0 Å². The van der Waals surface area contributed by atoms with E-state index in [4.69, 9.17) is 11.6 Å². The summed E-state index contributed by atoms with van der Waals surface area (Å²) >= 11 is 5.77. The molecule has 0 aliphatic rings. The molecule has 9 heteroatoms. The fourth-order valence-corrected chi connectivity index (χ4v) is 2.36. The van der Waals surface area contributed by atoms with Crippen molar-refractivity contribution in [1.29, 1.82) is 0 Å². The molecule has 0 aliphatic carbocycles. The van der Waals surface area contributed by atoms with Crippen LogP contribution >= 0.6 is 11.6 Å². The Morgan fingerprint density at radius 1 is 1.04 bits per heavy atom. The smallest absolute Gasteiger partial charge is 0.282 e. The highest BCUT2D eigenvalue weighted by molar-refractivity contribution is 6.30. The molecular formula is C18H18ClF3N3O2+. The Labute approximate surface area is 159 Å². The molecule has 0 radical (unpaired) electrons. The topological polar surface area (TPSA) is 62.6 Å². The second kappa shape index (κ2) is 8.88. The highest BCUT2D eigenvalue weighted by Gasteiger charge is 2.25. The van der Waals surface area contributed by atoms with E-state index in [1.54, 1.807) is 31.3 Å². The van der Waals surface area contributed by atoms with Crippen LogP contribution in [-0.2, 0) is 9.59 Å². The van der Waals surface area contributed by atoms with Gasteiger partial charge in [0.1, 0.15) is 0 Å². The van der Waals surface area contributed by atoms with E-state index in [2.05, 4.69) is 10.6 Å². The standard InChI is InChI=1S/C18H17ClF3N3O2/c1-10(18(27)24-14-8-7-13(20)16(21)17(14)22)25(2)9-15(26)23-12-5-3-11(19)4-6-12/h3-8,10H,9H2,1-2H3,(H,23,26)(H,24,27)/p+1/t10-/m0/s1. The number of amides is 2. The first-order chi connectivity index (χ1) is 12.7. The molecule has 0 fully saturated rings. The summed E-state index contributed by atoms with van der Waals surface area (Å²) in [7, 11) is 1.60. The Morgan fingerprint density at radius 3 is 2.30 bits per heavy atom. The van der Waals surface area contributed by atoms with Gasteiger partial charge in [-0.25, -0.2) is 13.2 Å². The third-order valence-corrected chi connectivity index (χ3v) is 4.24. The van der Waals surface area contributed by atoms with Crippen molar-refractivity contribution < 1.29 is 27.7 Å². The summed E-state index contributed by atoms with van der Waals surface area (Å²) in [5.41, 5.74) is 0.0855. The van der Waals surface area contributed by atoms with Gasteiger partial charge in [0.25, 0.3) is 11.8 Å². The predicted octanol–water partition coefficient (Wildman–Crippen LogP) is 2.24. The molecule has 2 aromatic rings. The molecule has 0 heterocycles. The van der Waals surface area contributed by atoms with Crippen LogP contribution in [0.5, 0.6) is 0 Å². The molecule has 2 atom stereocenters. The van der Waals surface area contributed by atoms with Gasteiger partial charge in [-0.2, -0.15) is 0 Å². The van der Waals surface area contributed by atoms with Gasteiger partial charge in [0.05, 0.1) is 12.7 Å². The van der Waals surface area contributed by atoms with Crippen LogP contribution in [0.1, 0.15) is 6.92 Å². The van der Waals surface area contributed by atoms with Crippen molar-refractivity contribution >= 4 is 34.8 Å². The maximum atomic E-state index is 13.7. The van der Waals surface area contributed by atoms with Gasteiger partial charge < -0.3 is 15.5 Å². The minimum Gasteiger partial charge on any atom is -0.321 e. The van der Waals surface area contributed by atoms with E-state index in [1.807, 2.05) is 0 Å². The van der Waals surface area contributed by atoms with E-state index in [-0.39, 0.29) is 12.5 Å². The van der Waals surface area contributed by atoms with Crippen LogP contribution < -0.4 is 15.5 Å². The van der Waals surface area contributed by atoms with E-state index >= 15 is 0 Å². The zero-order valence-electron chi connectivity index (χ0n) is 14.6. The number of carbonyl (C=O) groups is 2. The van der Waals surface area contributed by atoms with Crippen LogP contribution in [0.25, 0.3) is 0 Å². The van der Waals surface area contributed by atoms with Crippen molar-refractivity contribution in [3.63, 3.8) is 0 Å². The molecular weight excluding hydrogens is 383 g/mol. The number of hydrogen-bond donors (Lipinski definition) is 3. The Balaban J connectivity index is 1.94. The first kappa shape index (κ1) is 20.7. The molecule has 0 saturated heterocycles. The minimum atomic E-state index is -1.66. The van der Waals surface area contributed by atoms with Crippen molar-refractivity contribution in [2.75, 3.05) is 24.2 Å². The number of nitrogens with one attached hydrogen (secondary N) is 3. The quantitative estimate of drug-likeness (QED) is 0.651. The van der Waals surface area contributed by atoms with E-state index in [0.717, 1.165) is 12.1 Å². The van der Waals surface area contributed by atoms with E-state index < -0.39 is 35.1 Å². The third kappa shape index (κ3) is 5.45. The summed E-state index contributed by atoms with van der Waals surface area (Å²) in [5, 5.41) is 5.40.